The Morgan fingerprint density at radius 1 is 1.42 bits per heavy atom. The van der Waals surface area contributed by atoms with Gasteiger partial charge in [-0.2, -0.15) is 0 Å². The largest absolute Gasteiger partial charge is 0.480 e. The van der Waals surface area contributed by atoms with Crippen LogP contribution < -0.4 is 5.32 Å². The van der Waals surface area contributed by atoms with Gasteiger partial charge in [-0.25, -0.2) is 4.98 Å². The van der Waals surface area contributed by atoms with Gasteiger partial charge in [-0.15, -0.1) is 0 Å². The Labute approximate surface area is 113 Å². The molecular formula is C12H13N3O3S. The second-order valence-corrected chi connectivity index (χ2v) is 5.01. The van der Waals surface area contributed by atoms with Crippen molar-refractivity contribution in [2.75, 3.05) is 0 Å². The molecule has 0 saturated heterocycles. The van der Waals surface area contributed by atoms with Gasteiger partial charge >= 0.3 is 5.97 Å². The standard InChI is InChI=1S/C12H13N3O3S/c1-7-9(10(16)13-8(2)11(17)18)19-12(14-7)15-5-3-4-6-15/h3-6,8H,1-2H3,(H,13,16)(H,17,18)/t8-/m1/s1. The molecule has 2 heterocycles. The second kappa shape index (κ2) is 5.23. The normalized spacial score (nSPS) is 12.1. The van der Waals surface area contributed by atoms with Crippen LogP contribution in [0.4, 0.5) is 0 Å². The Morgan fingerprint density at radius 2 is 2.05 bits per heavy atom. The van der Waals surface area contributed by atoms with Crippen molar-refractivity contribution < 1.29 is 14.7 Å². The fourth-order valence-electron chi connectivity index (χ4n) is 1.49. The van der Waals surface area contributed by atoms with Gasteiger partial charge in [-0.3, -0.25) is 9.59 Å². The first-order chi connectivity index (χ1) is 8.99. The van der Waals surface area contributed by atoms with Gasteiger partial charge in [0.2, 0.25) is 0 Å². The molecule has 1 atom stereocenters. The molecule has 7 heteroatoms. The lowest BCUT2D eigenvalue weighted by Crippen LogP contribution is -2.38. The predicted molar refractivity (Wildman–Crippen MR) is 70.7 cm³/mol. The molecule has 0 aliphatic heterocycles. The van der Waals surface area contributed by atoms with E-state index in [-0.39, 0.29) is 0 Å². The molecule has 0 bridgehead atoms. The predicted octanol–water partition coefficient (Wildman–Crippen LogP) is 1.45. The van der Waals surface area contributed by atoms with Crippen LogP contribution in [0.5, 0.6) is 0 Å². The van der Waals surface area contributed by atoms with Crippen LogP contribution >= 0.6 is 11.3 Å². The Hall–Kier alpha value is -2.15. The van der Waals surface area contributed by atoms with E-state index < -0.39 is 17.9 Å². The van der Waals surface area contributed by atoms with Crippen LogP contribution in [0.2, 0.25) is 0 Å². The summed E-state index contributed by atoms with van der Waals surface area (Å²) in [4.78, 5) is 27.4. The topological polar surface area (TPSA) is 84.2 Å². The smallest absolute Gasteiger partial charge is 0.325 e. The van der Waals surface area contributed by atoms with Gasteiger partial charge in [-0.05, 0) is 26.0 Å². The van der Waals surface area contributed by atoms with Gasteiger partial charge in [0.1, 0.15) is 10.9 Å². The zero-order chi connectivity index (χ0) is 14.0. The minimum Gasteiger partial charge on any atom is -0.480 e. The van der Waals surface area contributed by atoms with Crippen molar-refractivity contribution in [2.45, 2.75) is 19.9 Å². The van der Waals surface area contributed by atoms with E-state index in [1.165, 1.54) is 18.3 Å². The molecule has 0 saturated carbocycles. The number of nitrogens with zero attached hydrogens (tertiary/aromatic N) is 2. The van der Waals surface area contributed by atoms with Crippen molar-refractivity contribution in [3.8, 4) is 5.13 Å². The molecule has 0 aromatic carbocycles. The minimum atomic E-state index is -1.07. The highest BCUT2D eigenvalue weighted by atomic mass is 32.1. The molecule has 0 unspecified atom stereocenters. The van der Waals surface area contributed by atoms with E-state index >= 15 is 0 Å². The van der Waals surface area contributed by atoms with Crippen LogP contribution in [0, 0.1) is 6.92 Å². The van der Waals surface area contributed by atoms with Crippen LogP contribution in [-0.2, 0) is 4.79 Å². The summed E-state index contributed by atoms with van der Waals surface area (Å²) in [6, 6.07) is 2.80. The third-order valence-corrected chi connectivity index (χ3v) is 3.70. The van der Waals surface area contributed by atoms with E-state index in [9.17, 15) is 9.59 Å². The van der Waals surface area contributed by atoms with E-state index in [1.807, 2.05) is 24.5 Å². The summed E-state index contributed by atoms with van der Waals surface area (Å²) in [7, 11) is 0. The molecule has 0 radical (unpaired) electrons. The molecule has 2 N–H and O–H groups in total. The summed E-state index contributed by atoms with van der Waals surface area (Å²) in [5, 5.41) is 11.9. The van der Waals surface area contributed by atoms with Crippen molar-refractivity contribution in [1.29, 1.82) is 0 Å². The van der Waals surface area contributed by atoms with Gasteiger partial charge in [0.05, 0.1) is 5.69 Å². The first-order valence-electron chi connectivity index (χ1n) is 5.63. The van der Waals surface area contributed by atoms with Crippen molar-refractivity contribution in [3.63, 3.8) is 0 Å². The zero-order valence-corrected chi connectivity index (χ0v) is 11.3. The minimum absolute atomic E-state index is 0.414. The lowest BCUT2D eigenvalue weighted by atomic mass is 10.3. The monoisotopic (exact) mass is 279 g/mol. The SMILES string of the molecule is Cc1nc(-n2cccc2)sc1C(=O)N[C@H](C)C(=O)O. The first kappa shape index (κ1) is 13.3. The Balaban J connectivity index is 2.21. The lowest BCUT2D eigenvalue weighted by molar-refractivity contribution is -0.138. The summed E-state index contributed by atoms with van der Waals surface area (Å²) in [6.07, 6.45) is 3.67. The Bertz CT molecular complexity index is 604. The molecular weight excluding hydrogens is 266 g/mol. The number of nitrogens with one attached hydrogen (secondary N) is 1. The molecule has 0 aliphatic rings. The quantitative estimate of drug-likeness (QED) is 0.887. The number of thiazole rings is 1. The number of rotatable bonds is 4. The molecule has 0 spiro atoms. The summed E-state index contributed by atoms with van der Waals surface area (Å²) in [5.74, 6) is -1.48. The van der Waals surface area contributed by atoms with Crippen molar-refractivity contribution >= 4 is 23.2 Å². The Kier molecular flexibility index (Phi) is 3.66. The number of amides is 1. The van der Waals surface area contributed by atoms with Crippen LogP contribution in [-0.4, -0.2) is 32.6 Å². The van der Waals surface area contributed by atoms with Crippen molar-refractivity contribution in [3.05, 3.63) is 35.1 Å². The molecule has 2 aromatic rings. The third-order valence-electron chi connectivity index (χ3n) is 2.53. The van der Waals surface area contributed by atoms with Crippen LogP contribution in [0.25, 0.3) is 5.13 Å². The molecule has 0 aliphatic carbocycles. The number of aryl methyl sites for hydroxylation is 1. The maximum absolute atomic E-state index is 12.0. The zero-order valence-electron chi connectivity index (χ0n) is 10.5. The molecule has 2 aromatic heterocycles. The third kappa shape index (κ3) is 2.82. The summed E-state index contributed by atoms with van der Waals surface area (Å²) in [6.45, 7) is 3.15. The summed E-state index contributed by atoms with van der Waals surface area (Å²) in [5.41, 5.74) is 0.587. The molecule has 6 nitrogen and oxygen atoms in total. The van der Waals surface area contributed by atoms with Gasteiger partial charge in [-0.1, -0.05) is 11.3 Å². The number of hydrogen-bond donors (Lipinski definition) is 2. The van der Waals surface area contributed by atoms with Crippen LogP contribution in [0.1, 0.15) is 22.3 Å². The van der Waals surface area contributed by atoms with Gasteiger partial charge in [0.25, 0.3) is 5.91 Å². The van der Waals surface area contributed by atoms with E-state index in [2.05, 4.69) is 10.3 Å². The van der Waals surface area contributed by atoms with E-state index in [0.717, 1.165) is 0 Å². The fraction of sp³-hybridized carbons (Fsp3) is 0.250. The average molecular weight is 279 g/mol. The Morgan fingerprint density at radius 3 is 2.63 bits per heavy atom. The summed E-state index contributed by atoms with van der Waals surface area (Å²) >= 11 is 1.23. The van der Waals surface area contributed by atoms with Crippen molar-refractivity contribution in [1.82, 2.24) is 14.9 Å². The van der Waals surface area contributed by atoms with E-state index in [0.29, 0.717) is 15.7 Å². The molecule has 100 valence electrons. The number of carboxylic acids is 1. The van der Waals surface area contributed by atoms with Crippen molar-refractivity contribution in [2.24, 2.45) is 0 Å². The number of hydrogen-bond acceptors (Lipinski definition) is 4. The highest BCUT2D eigenvalue weighted by Crippen LogP contribution is 2.21. The number of carbonyl (C=O) groups is 2. The fourth-order valence-corrected chi connectivity index (χ4v) is 2.43. The molecule has 2 rings (SSSR count). The molecule has 19 heavy (non-hydrogen) atoms. The van der Waals surface area contributed by atoms with Crippen LogP contribution in [0.15, 0.2) is 24.5 Å². The lowest BCUT2D eigenvalue weighted by Gasteiger charge is -2.07. The number of aliphatic carboxylic acids is 1. The number of carbonyl (C=O) groups excluding carboxylic acids is 1. The van der Waals surface area contributed by atoms with Gasteiger partial charge < -0.3 is 15.0 Å². The summed E-state index contributed by atoms with van der Waals surface area (Å²) < 4.78 is 1.80. The average Bonchev–Trinajstić information content (AvgIpc) is 2.96. The highest BCUT2D eigenvalue weighted by Gasteiger charge is 2.20. The first-order valence-corrected chi connectivity index (χ1v) is 6.45. The van der Waals surface area contributed by atoms with E-state index in [4.69, 9.17) is 5.11 Å². The second-order valence-electron chi connectivity index (χ2n) is 4.03. The van der Waals surface area contributed by atoms with Crippen LogP contribution in [0.3, 0.4) is 0 Å². The van der Waals surface area contributed by atoms with Gasteiger partial charge in [0.15, 0.2) is 5.13 Å². The number of carboxylic acid groups (broad SMARTS) is 1. The van der Waals surface area contributed by atoms with Gasteiger partial charge in [0, 0.05) is 12.4 Å². The molecule has 1 amide bonds. The highest BCUT2D eigenvalue weighted by molar-refractivity contribution is 7.16. The van der Waals surface area contributed by atoms with E-state index in [1.54, 1.807) is 11.5 Å². The maximum Gasteiger partial charge on any atom is 0.325 e. The molecule has 0 fully saturated rings. The maximum atomic E-state index is 12.0. The number of aromatic nitrogens is 2.